The number of carbonyl (C=O) groups excluding carboxylic acids is 1. The van der Waals surface area contributed by atoms with E-state index < -0.39 is 0 Å². The molecule has 2 aliphatic rings. The van der Waals surface area contributed by atoms with Crippen molar-refractivity contribution in [2.75, 3.05) is 19.6 Å². The molecule has 0 spiro atoms. The van der Waals surface area contributed by atoms with Gasteiger partial charge in [0.2, 0.25) is 5.91 Å². The van der Waals surface area contributed by atoms with Gasteiger partial charge in [-0.3, -0.25) is 4.79 Å². The topological polar surface area (TPSA) is 61.4 Å². The van der Waals surface area contributed by atoms with E-state index in [9.17, 15) is 9.90 Å². The van der Waals surface area contributed by atoms with Crippen LogP contribution >= 0.6 is 0 Å². The predicted molar refractivity (Wildman–Crippen MR) is 66.6 cm³/mol. The molecule has 1 amide bonds. The summed E-state index contributed by atoms with van der Waals surface area (Å²) in [7, 11) is 0. The molecule has 1 aliphatic heterocycles. The molecule has 0 aromatic rings. The summed E-state index contributed by atoms with van der Waals surface area (Å²) in [5.41, 5.74) is -0.170. The number of carbonyl (C=O) groups is 1. The molecule has 17 heavy (non-hydrogen) atoms. The highest BCUT2D eigenvalue weighted by molar-refractivity contribution is 5.83. The van der Waals surface area contributed by atoms with E-state index in [1.54, 1.807) is 0 Å². The highest BCUT2D eigenvalue weighted by Gasteiger charge is 2.40. The summed E-state index contributed by atoms with van der Waals surface area (Å²) in [6.45, 7) is 4.65. The van der Waals surface area contributed by atoms with Crippen molar-refractivity contribution >= 4 is 5.91 Å². The van der Waals surface area contributed by atoms with Gasteiger partial charge in [0.15, 0.2) is 0 Å². The third kappa shape index (κ3) is 2.80. The molecular weight excluding hydrogens is 216 g/mol. The SMILES string of the molecule is CCCC1(C(=O)NCC2CC(O)C2)CCNC1. The number of hydrogen-bond donors (Lipinski definition) is 3. The summed E-state index contributed by atoms with van der Waals surface area (Å²) in [5.74, 6) is 0.702. The molecule has 1 unspecified atom stereocenters. The van der Waals surface area contributed by atoms with Crippen LogP contribution in [0.4, 0.5) is 0 Å². The van der Waals surface area contributed by atoms with Gasteiger partial charge in [-0.05, 0) is 38.1 Å². The summed E-state index contributed by atoms with van der Waals surface area (Å²) >= 11 is 0. The predicted octanol–water partition coefficient (Wildman–Crippen LogP) is 0.653. The summed E-state index contributed by atoms with van der Waals surface area (Å²) in [6.07, 6.45) is 4.55. The van der Waals surface area contributed by atoms with Gasteiger partial charge in [0.1, 0.15) is 0 Å². The molecule has 2 fully saturated rings. The zero-order valence-electron chi connectivity index (χ0n) is 10.7. The zero-order chi connectivity index (χ0) is 12.3. The van der Waals surface area contributed by atoms with Gasteiger partial charge >= 0.3 is 0 Å². The summed E-state index contributed by atoms with van der Waals surface area (Å²) < 4.78 is 0. The van der Waals surface area contributed by atoms with Gasteiger partial charge in [0.05, 0.1) is 11.5 Å². The lowest BCUT2D eigenvalue weighted by Gasteiger charge is -2.33. The fraction of sp³-hybridized carbons (Fsp3) is 0.923. The molecule has 0 aromatic carbocycles. The van der Waals surface area contributed by atoms with Gasteiger partial charge < -0.3 is 15.7 Å². The summed E-state index contributed by atoms with van der Waals surface area (Å²) in [6, 6.07) is 0. The average molecular weight is 240 g/mol. The van der Waals surface area contributed by atoms with E-state index in [0.29, 0.717) is 5.92 Å². The van der Waals surface area contributed by atoms with Gasteiger partial charge in [0, 0.05) is 13.1 Å². The van der Waals surface area contributed by atoms with Crippen molar-refractivity contribution in [2.24, 2.45) is 11.3 Å². The molecule has 98 valence electrons. The number of amides is 1. The smallest absolute Gasteiger partial charge is 0.227 e. The molecule has 1 heterocycles. The third-order valence-electron chi connectivity index (χ3n) is 4.22. The zero-order valence-corrected chi connectivity index (χ0v) is 10.7. The largest absolute Gasteiger partial charge is 0.393 e. The van der Waals surface area contributed by atoms with Crippen LogP contribution in [0.3, 0.4) is 0 Å². The number of nitrogens with one attached hydrogen (secondary N) is 2. The van der Waals surface area contributed by atoms with Crippen molar-refractivity contribution in [3.63, 3.8) is 0 Å². The Bertz CT molecular complexity index is 269. The second-order valence-electron chi connectivity index (χ2n) is 5.66. The van der Waals surface area contributed by atoms with E-state index in [-0.39, 0.29) is 17.4 Å². The Morgan fingerprint density at radius 1 is 1.53 bits per heavy atom. The van der Waals surface area contributed by atoms with Crippen LogP contribution in [0, 0.1) is 11.3 Å². The van der Waals surface area contributed by atoms with E-state index in [1.165, 1.54) is 0 Å². The lowest BCUT2D eigenvalue weighted by molar-refractivity contribution is -0.131. The molecule has 1 aliphatic carbocycles. The van der Waals surface area contributed by atoms with E-state index in [0.717, 1.165) is 51.7 Å². The van der Waals surface area contributed by atoms with E-state index in [1.807, 2.05) is 0 Å². The molecule has 0 bridgehead atoms. The minimum atomic E-state index is -0.170. The fourth-order valence-corrected chi connectivity index (χ4v) is 3.03. The Morgan fingerprint density at radius 2 is 2.29 bits per heavy atom. The van der Waals surface area contributed by atoms with Gasteiger partial charge in [-0.15, -0.1) is 0 Å². The first-order chi connectivity index (χ1) is 8.16. The Morgan fingerprint density at radius 3 is 2.82 bits per heavy atom. The fourth-order valence-electron chi connectivity index (χ4n) is 3.03. The molecular formula is C13H24N2O2. The first kappa shape index (κ1) is 12.8. The van der Waals surface area contributed by atoms with E-state index in [4.69, 9.17) is 0 Å². The standard InChI is InChI=1S/C13H24N2O2/c1-2-3-13(4-5-14-9-13)12(17)15-8-10-6-11(16)7-10/h10-11,14,16H,2-9H2,1H3,(H,15,17). The Labute approximate surface area is 103 Å². The molecule has 0 radical (unpaired) electrons. The minimum Gasteiger partial charge on any atom is -0.393 e. The van der Waals surface area contributed by atoms with Crippen molar-refractivity contribution in [1.82, 2.24) is 10.6 Å². The lowest BCUT2D eigenvalue weighted by atomic mass is 9.80. The van der Waals surface area contributed by atoms with Crippen LogP contribution in [0.5, 0.6) is 0 Å². The van der Waals surface area contributed by atoms with Crippen molar-refractivity contribution in [2.45, 2.75) is 45.1 Å². The van der Waals surface area contributed by atoms with Crippen LogP contribution in [0.2, 0.25) is 0 Å². The number of rotatable bonds is 5. The molecule has 1 saturated heterocycles. The van der Waals surface area contributed by atoms with Crippen LogP contribution in [0.25, 0.3) is 0 Å². The van der Waals surface area contributed by atoms with E-state index in [2.05, 4.69) is 17.6 Å². The van der Waals surface area contributed by atoms with Crippen molar-refractivity contribution in [3.05, 3.63) is 0 Å². The van der Waals surface area contributed by atoms with Crippen LogP contribution in [-0.2, 0) is 4.79 Å². The number of aliphatic hydroxyl groups excluding tert-OH is 1. The average Bonchev–Trinajstić information content (AvgIpc) is 2.73. The Balaban J connectivity index is 1.80. The molecule has 1 saturated carbocycles. The maximum Gasteiger partial charge on any atom is 0.227 e. The maximum atomic E-state index is 12.3. The number of hydrogen-bond acceptors (Lipinski definition) is 3. The van der Waals surface area contributed by atoms with Gasteiger partial charge in [-0.1, -0.05) is 13.3 Å². The highest BCUT2D eigenvalue weighted by Crippen LogP contribution is 2.32. The van der Waals surface area contributed by atoms with Crippen LogP contribution in [0.15, 0.2) is 0 Å². The van der Waals surface area contributed by atoms with Crippen molar-refractivity contribution in [1.29, 1.82) is 0 Å². The molecule has 3 N–H and O–H groups in total. The molecule has 1 atom stereocenters. The third-order valence-corrected chi connectivity index (χ3v) is 4.22. The minimum absolute atomic E-state index is 0.130. The monoisotopic (exact) mass is 240 g/mol. The van der Waals surface area contributed by atoms with Crippen molar-refractivity contribution < 1.29 is 9.90 Å². The molecule has 0 aromatic heterocycles. The van der Waals surface area contributed by atoms with Gasteiger partial charge in [-0.25, -0.2) is 0 Å². The maximum absolute atomic E-state index is 12.3. The van der Waals surface area contributed by atoms with Gasteiger partial charge in [0.25, 0.3) is 0 Å². The lowest BCUT2D eigenvalue weighted by Crippen LogP contribution is -2.46. The summed E-state index contributed by atoms with van der Waals surface area (Å²) in [5, 5.41) is 15.6. The summed E-state index contributed by atoms with van der Waals surface area (Å²) in [4.78, 5) is 12.3. The van der Waals surface area contributed by atoms with Crippen LogP contribution < -0.4 is 10.6 Å². The Kier molecular flexibility index (Phi) is 4.05. The first-order valence-electron chi connectivity index (χ1n) is 6.83. The normalized spacial score (nSPS) is 36.6. The second-order valence-corrected chi connectivity index (χ2v) is 5.66. The van der Waals surface area contributed by atoms with Gasteiger partial charge in [-0.2, -0.15) is 0 Å². The molecule has 4 nitrogen and oxygen atoms in total. The quantitative estimate of drug-likeness (QED) is 0.661. The van der Waals surface area contributed by atoms with Crippen LogP contribution in [0.1, 0.15) is 39.0 Å². The molecule has 4 heteroatoms. The van der Waals surface area contributed by atoms with Crippen molar-refractivity contribution in [3.8, 4) is 0 Å². The first-order valence-corrected chi connectivity index (χ1v) is 6.83. The second kappa shape index (κ2) is 5.36. The number of aliphatic hydroxyl groups is 1. The van der Waals surface area contributed by atoms with E-state index >= 15 is 0 Å². The highest BCUT2D eigenvalue weighted by atomic mass is 16.3. The molecule has 2 rings (SSSR count). The Hall–Kier alpha value is -0.610. The van der Waals surface area contributed by atoms with Crippen LogP contribution in [-0.4, -0.2) is 36.8 Å².